The van der Waals surface area contributed by atoms with Crippen molar-refractivity contribution in [3.63, 3.8) is 0 Å². The van der Waals surface area contributed by atoms with E-state index in [0.29, 0.717) is 13.2 Å². The standard InChI is InChI=1S/C29H31NO7/c1-32-28-24(30-29(31)35-18-21-13-7-3-8-14-21)26(33-17-20-11-5-2-6-12-20)25-23(36-28)19-34-27(37-25)22-15-9-4-10-16-22/h2-16,23-28H,17-19H2,1H3,(H,30,31)/t23-,24-,25-,26-,27?,28+/m1/s1. The Hall–Kier alpha value is -3.27. The van der Waals surface area contributed by atoms with E-state index in [1.807, 2.05) is 91.0 Å². The van der Waals surface area contributed by atoms with Gasteiger partial charge >= 0.3 is 6.09 Å². The van der Waals surface area contributed by atoms with Crippen LogP contribution in [0.25, 0.3) is 0 Å². The molecule has 6 atom stereocenters. The molecule has 0 spiro atoms. The Kier molecular flexibility index (Phi) is 8.45. The first-order valence-electron chi connectivity index (χ1n) is 12.3. The van der Waals surface area contributed by atoms with Crippen molar-refractivity contribution < 1.29 is 33.2 Å². The third-order valence-electron chi connectivity index (χ3n) is 6.43. The lowest BCUT2D eigenvalue weighted by atomic mass is 9.95. The number of alkyl carbamates (subject to hydrolysis) is 1. The summed E-state index contributed by atoms with van der Waals surface area (Å²) in [6, 6.07) is 28.3. The summed E-state index contributed by atoms with van der Waals surface area (Å²) in [5.41, 5.74) is 2.77. The first kappa shape index (κ1) is 25.4. The molecule has 0 radical (unpaired) electrons. The monoisotopic (exact) mass is 505 g/mol. The summed E-state index contributed by atoms with van der Waals surface area (Å²) in [5.74, 6) is 0. The Bertz CT molecular complexity index is 1110. The molecule has 0 saturated carbocycles. The van der Waals surface area contributed by atoms with Crippen LogP contribution in [0.2, 0.25) is 0 Å². The van der Waals surface area contributed by atoms with E-state index in [0.717, 1.165) is 16.7 Å². The van der Waals surface area contributed by atoms with Crippen LogP contribution >= 0.6 is 0 Å². The maximum Gasteiger partial charge on any atom is 0.407 e. The summed E-state index contributed by atoms with van der Waals surface area (Å²) in [5, 5.41) is 2.91. The number of carbonyl (C=O) groups is 1. The highest BCUT2D eigenvalue weighted by atomic mass is 16.7. The lowest BCUT2D eigenvalue weighted by Gasteiger charge is -2.48. The quantitative estimate of drug-likeness (QED) is 0.487. The Labute approximate surface area is 216 Å². The van der Waals surface area contributed by atoms with Crippen LogP contribution in [-0.2, 0) is 41.6 Å². The van der Waals surface area contributed by atoms with Gasteiger partial charge in [-0.3, -0.25) is 0 Å². The molecular formula is C29H31NO7. The summed E-state index contributed by atoms with van der Waals surface area (Å²) in [7, 11) is 1.53. The molecule has 8 nitrogen and oxygen atoms in total. The van der Waals surface area contributed by atoms with Gasteiger partial charge in [-0.05, 0) is 11.1 Å². The van der Waals surface area contributed by atoms with Gasteiger partial charge in [0.2, 0.25) is 0 Å². The molecule has 0 aromatic heterocycles. The molecule has 0 aliphatic carbocycles. The number of ether oxygens (including phenoxy) is 6. The molecule has 2 fully saturated rings. The number of nitrogens with one attached hydrogen (secondary N) is 1. The third-order valence-corrected chi connectivity index (χ3v) is 6.43. The van der Waals surface area contributed by atoms with Gasteiger partial charge in [-0.2, -0.15) is 0 Å². The Morgan fingerprint density at radius 3 is 2.14 bits per heavy atom. The second kappa shape index (κ2) is 12.3. The molecular weight excluding hydrogens is 474 g/mol. The molecule has 8 heteroatoms. The molecule has 2 aliphatic heterocycles. The van der Waals surface area contributed by atoms with E-state index in [1.165, 1.54) is 7.11 Å². The number of amides is 1. The van der Waals surface area contributed by atoms with E-state index in [-0.39, 0.29) is 6.61 Å². The van der Waals surface area contributed by atoms with E-state index in [1.54, 1.807) is 0 Å². The first-order chi connectivity index (χ1) is 18.2. The van der Waals surface area contributed by atoms with E-state index in [9.17, 15) is 4.79 Å². The number of carbonyl (C=O) groups excluding carboxylic acids is 1. The number of rotatable bonds is 8. The fourth-order valence-electron chi connectivity index (χ4n) is 4.57. The summed E-state index contributed by atoms with van der Waals surface area (Å²) >= 11 is 0. The molecule has 0 bridgehead atoms. The van der Waals surface area contributed by atoms with Gasteiger partial charge in [0.15, 0.2) is 12.6 Å². The van der Waals surface area contributed by atoms with Crippen LogP contribution in [0.3, 0.4) is 0 Å². The zero-order valence-corrected chi connectivity index (χ0v) is 20.6. The van der Waals surface area contributed by atoms with Gasteiger partial charge in [-0.25, -0.2) is 4.79 Å². The van der Waals surface area contributed by atoms with Crippen molar-refractivity contribution in [2.75, 3.05) is 13.7 Å². The molecule has 2 aliphatic rings. The first-order valence-corrected chi connectivity index (χ1v) is 12.3. The van der Waals surface area contributed by atoms with Crippen LogP contribution in [0.4, 0.5) is 4.79 Å². The molecule has 5 rings (SSSR count). The van der Waals surface area contributed by atoms with Crippen molar-refractivity contribution in [2.45, 2.75) is 50.1 Å². The van der Waals surface area contributed by atoms with Crippen LogP contribution in [0.5, 0.6) is 0 Å². The van der Waals surface area contributed by atoms with Crippen molar-refractivity contribution in [2.24, 2.45) is 0 Å². The van der Waals surface area contributed by atoms with Crippen LogP contribution in [0.1, 0.15) is 23.0 Å². The minimum absolute atomic E-state index is 0.139. The predicted octanol–water partition coefficient (Wildman–Crippen LogP) is 4.35. The highest BCUT2D eigenvalue weighted by molar-refractivity contribution is 5.67. The van der Waals surface area contributed by atoms with Crippen molar-refractivity contribution in [1.29, 1.82) is 0 Å². The van der Waals surface area contributed by atoms with E-state index >= 15 is 0 Å². The van der Waals surface area contributed by atoms with Crippen LogP contribution < -0.4 is 5.32 Å². The van der Waals surface area contributed by atoms with Gasteiger partial charge in [0.05, 0.1) is 13.2 Å². The highest BCUT2D eigenvalue weighted by Gasteiger charge is 2.51. The summed E-state index contributed by atoms with van der Waals surface area (Å²) < 4.78 is 36.0. The maximum atomic E-state index is 12.8. The van der Waals surface area contributed by atoms with Gasteiger partial charge < -0.3 is 33.7 Å². The molecule has 3 aromatic rings. The van der Waals surface area contributed by atoms with E-state index in [2.05, 4.69) is 5.32 Å². The van der Waals surface area contributed by atoms with Crippen molar-refractivity contribution in [3.8, 4) is 0 Å². The van der Waals surface area contributed by atoms with Crippen LogP contribution in [-0.4, -0.2) is 50.5 Å². The minimum atomic E-state index is -0.785. The number of hydrogen-bond donors (Lipinski definition) is 1. The SMILES string of the molecule is CO[C@H]1O[C@@H]2COC(c3ccccc3)O[C@H]2[C@H](OCc2ccccc2)[C@H]1NC(=O)OCc1ccccc1. The molecule has 194 valence electrons. The fourth-order valence-corrected chi connectivity index (χ4v) is 4.57. The van der Waals surface area contributed by atoms with Crippen LogP contribution in [0, 0.1) is 0 Å². The Balaban J connectivity index is 1.35. The lowest BCUT2D eigenvalue weighted by Crippen LogP contribution is -2.67. The van der Waals surface area contributed by atoms with Crippen molar-refractivity contribution in [1.82, 2.24) is 5.32 Å². The second-order valence-electron chi connectivity index (χ2n) is 8.95. The third kappa shape index (κ3) is 6.36. The zero-order chi connectivity index (χ0) is 25.5. The van der Waals surface area contributed by atoms with Gasteiger partial charge in [-0.1, -0.05) is 91.0 Å². The largest absolute Gasteiger partial charge is 0.445 e. The Morgan fingerprint density at radius 2 is 1.49 bits per heavy atom. The Morgan fingerprint density at radius 1 is 0.865 bits per heavy atom. The van der Waals surface area contributed by atoms with E-state index in [4.69, 9.17) is 28.4 Å². The van der Waals surface area contributed by atoms with Crippen molar-refractivity contribution >= 4 is 6.09 Å². The molecule has 2 saturated heterocycles. The van der Waals surface area contributed by atoms with Gasteiger partial charge in [-0.15, -0.1) is 0 Å². The normalized spacial score (nSPS) is 27.2. The average molecular weight is 506 g/mol. The minimum Gasteiger partial charge on any atom is -0.445 e. The summed E-state index contributed by atoms with van der Waals surface area (Å²) in [6.45, 7) is 0.753. The van der Waals surface area contributed by atoms with Crippen molar-refractivity contribution in [3.05, 3.63) is 108 Å². The van der Waals surface area contributed by atoms with E-state index < -0.39 is 43.0 Å². The number of methoxy groups -OCH3 is 1. The molecule has 1 amide bonds. The molecule has 1 N–H and O–H groups in total. The van der Waals surface area contributed by atoms with Gasteiger partial charge in [0.25, 0.3) is 0 Å². The maximum absolute atomic E-state index is 12.8. The van der Waals surface area contributed by atoms with Gasteiger partial charge in [0, 0.05) is 12.7 Å². The second-order valence-corrected chi connectivity index (χ2v) is 8.95. The van der Waals surface area contributed by atoms with Gasteiger partial charge in [0.1, 0.15) is 31.0 Å². The number of hydrogen-bond acceptors (Lipinski definition) is 7. The number of fused-ring (bicyclic) bond motifs is 1. The lowest BCUT2D eigenvalue weighted by molar-refractivity contribution is -0.346. The highest BCUT2D eigenvalue weighted by Crippen LogP contribution is 2.36. The molecule has 2 heterocycles. The smallest absolute Gasteiger partial charge is 0.407 e. The topological polar surface area (TPSA) is 84.5 Å². The van der Waals surface area contributed by atoms with Crippen LogP contribution in [0.15, 0.2) is 91.0 Å². The molecule has 37 heavy (non-hydrogen) atoms. The fraction of sp³-hybridized carbons (Fsp3) is 0.345. The summed E-state index contributed by atoms with van der Waals surface area (Å²) in [6.07, 6.45) is -3.52. The zero-order valence-electron chi connectivity index (χ0n) is 20.6. The predicted molar refractivity (Wildman–Crippen MR) is 134 cm³/mol. The average Bonchev–Trinajstić information content (AvgIpc) is 2.96. The molecule has 1 unspecified atom stereocenters. The number of benzene rings is 3. The molecule has 3 aromatic carbocycles. The summed E-state index contributed by atoms with van der Waals surface area (Å²) in [4.78, 5) is 12.8.